The molecule has 4 heteroatoms. The third-order valence-corrected chi connectivity index (χ3v) is 2.58. The van der Waals surface area contributed by atoms with Crippen LogP contribution >= 0.6 is 12.4 Å². The van der Waals surface area contributed by atoms with Gasteiger partial charge in [-0.3, -0.25) is 0 Å². The Morgan fingerprint density at radius 2 is 1.67 bits per heavy atom. The van der Waals surface area contributed by atoms with E-state index < -0.39 is 0 Å². The van der Waals surface area contributed by atoms with E-state index in [0.717, 1.165) is 36.7 Å². The highest BCUT2D eigenvalue weighted by molar-refractivity contribution is 5.85. The minimum Gasteiger partial charge on any atom is -0.489 e. The van der Waals surface area contributed by atoms with Crippen LogP contribution < -0.4 is 14.2 Å². The standard InChI is InChI=1S/C11H12O3.ClH/c1-2-8-3-4-9-11(10(8)13-5-1)14-7-6-12-9;/h3-4H,1-2,5-7H2;1H. The number of hydrogen-bond acceptors (Lipinski definition) is 3. The summed E-state index contributed by atoms with van der Waals surface area (Å²) in [5.41, 5.74) is 1.24. The van der Waals surface area contributed by atoms with Gasteiger partial charge in [0.25, 0.3) is 0 Å². The highest BCUT2D eigenvalue weighted by Crippen LogP contribution is 2.43. The molecular formula is C11H13ClO3. The molecule has 0 amide bonds. The first-order chi connectivity index (χ1) is 6.95. The molecule has 0 saturated carbocycles. The van der Waals surface area contributed by atoms with Crippen molar-refractivity contribution in [1.82, 2.24) is 0 Å². The van der Waals surface area contributed by atoms with Gasteiger partial charge in [0.1, 0.15) is 13.2 Å². The monoisotopic (exact) mass is 228 g/mol. The summed E-state index contributed by atoms with van der Waals surface area (Å²) < 4.78 is 16.7. The van der Waals surface area contributed by atoms with Crippen LogP contribution in [-0.4, -0.2) is 19.8 Å². The van der Waals surface area contributed by atoms with E-state index in [9.17, 15) is 0 Å². The van der Waals surface area contributed by atoms with Gasteiger partial charge in [-0.25, -0.2) is 0 Å². The number of hydrogen-bond donors (Lipinski definition) is 0. The number of ether oxygens (including phenoxy) is 3. The number of benzene rings is 1. The normalized spacial score (nSPS) is 17.1. The summed E-state index contributed by atoms with van der Waals surface area (Å²) in [4.78, 5) is 0. The van der Waals surface area contributed by atoms with Gasteiger partial charge < -0.3 is 14.2 Å². The molecule has 2 aliphatic heterocycles. The predicted octanol–water partition coefficient (Wildman–Crippen LogP) is 2.20. The first-order valence-electron chi connectivity index (χ1n) is 4.99. The average Bonchev–Trinajstić information content (AvgIpc) is 2.29. The van der Waals surface area contributed by atoms with Gasteiger partial charge in [0.2, 0.25) is 5.75 Å². The predicted molar refractivity (Wildman–Crippen MR) is 58.5 cm³/mol. The third-order valence-electron chi connectivity index (χ3n) is 2.58. The summed E-state index contributed by atoms with van der Waals surface area (Å²) in [5.74, 6) is 2.51. The van der Waals surface area contributed by atoms with E-state index in [2.05, 4.69) is 6.07 Å². The zero-order chi connectivity index (χ0) is 9.38. The van der Waals surface area contributed by atoms with Crippen LogP contribution in [0.15, 0.2) is 12.1 Å². The molecule has 1 aromatic rings. The Morgan fingerprint density at radius 1 is 0.867 bits per heavy atom. The van der Waals surface area contributed by atoms with Crippen molar-refractivity contribution in [2.75, 3.05) is 19.8 Å². The molecule has 0 spiro atoms. The van der Waals surface area contributed by atoms with Crippen LogP contribution in [0.4, 0.5) is 0 Å². The van der Waals surface area contributed by atoms with Gasteiger partial charge in [-0.2, -0.15) is 0 Å². The van der Waals surface area contributed by atoms with Gasteiger partial charge >= 0.3 is 0 Å². The fraction of sp³-hybridized carbons (Fsp3) is 0.455. The lowest BCUT2D eigenvalue weighted by molar-refractivity contribution is 0.159. The van der Waals surface area contributed by atoms with Crippen LogP contribution in [0.3, 0.4) is 0 Å². The molecule has 0 aromatic heterocycles. The van der Waals surface area contributed by atoms with Gasteiger partial charge in [0.15, 0.2) is 11.5 Å². The number of halogens is 1. The van der Waals surface area contributed by atoms with Crippen molar-refractivity contribution in [3.05, 3.63) is 17.7 Å². The number of aryl methyl sites for hydroxylation is 1. The first kappa shape index (κ1) is 10.4. The van der Waals surface area contributed by atoms with E-state index in [4.69, 9.17) is 14.2 Å². The third kappa shape index (κ3) is 1.72. The molecule has 0 atom stereocenters. The Bertz CT molecular complexity index is 330. The second-order valence-corrected chi connectivity index (χ2v) is 3.53. The molecule has 2 aliphatic rings. The molecule has 3 rings (SSSR count). The van der Waals surface area contributed by atoms with E-state index in [-0.39, 0.29) is 12.4 Å². The van der Waals surface area contributed by atoms with E-state index in [0.29, 0.717) is 13.2 Å². The molecule has 0 bridgehead atoms. The van der Waals surface area contributed by atoms with Crippen molar-refractivity contribution in [2.45, 2.75) is 12.8 Å². The second kappa shape index (κ2) is 4.19. The van der Waals surface area contributed by atoms with Crippen LogP contribution in [-0.2, 0) is 6.42 Å². The smallest absolute Gasteiger partial charge is 0.203 e. The zero-order valence-electron chi connectivity index (χ0n) is 8.32. The second-order valence-electron chi connectivity index (χ2n) is 3.53. The average molecular weight is 229 g/mol. The molecule has 0 radical (unpaired) electrons. The zero-order valence-corrected chi connectivity index (χ0v) is 9.14. The minimum atomic E-state index is 0. The van der Waals surface area contributed by atoms with Crippen LogP contribution in [0.2, 0.25) is 0 Å². The highest BCUT2D eigenvalue weighted by Gasteiger charge is 2.22. The molecule has 0 aliphatic carbocycles. The van der Waals surface area contributed by atoms with E-state index in [1.54, 1.807) is 0 Å². The summed E-state index contributed by atoms with van der Waals surface area (Å²) in [7, 11) is 0. The summed E-state index contributed by atoms with van der Waals surface area (Å²) >= 11 is 0. The maximum atomic E-state index is 5.62. The molecule has 0 fully saturated rings. The fourth-order valence-electron chi connectivity index (χ4n) is 1.92. The molecule has 15 heavy (non-hydrogen) atoms. The molecule has 3 nitrogen and oxygen atoms in total. The molecular weight excluding hydrogens is 216 g/mol. The van der Waals surface area contributed by atoms with Crippen molar-refractivity contribution < 1.29 is 14.2 Å². The maximum Gasteiger partial charge on any atom is 0.203 e. The van der Waals surface area contributed by atoms with Crippen molar-refractivity contribution in [2.24, 2.45) is 0 Å². The van der Waals surface area contributed by atoms with Gasteiger partial charge in [0, 0.05) is 0 Å². The Hall–Kier alpha value is -1.09. The van der Waals surface area contributed by atoms with Crippen LogP contribution in [0.1, 0.15) is 12.0 Å². The van der Waals surface area contributed by atoms with E-state index >= 15 is 0 Å². The number of fused-ring (bicyclic) bond motifs is 3. The van der Waals surface area contributed by atoms with E-state index in [1.807, 2.05) is 6.07 Å². The summed E-state index contributed by atoms with van der Waals surface area (Å²) in [6.45, 7) is 2.03. The van der Waals surface area contributed by atoms with Crippen LogP contribution in [0.5, 0.6) is 17.2 Å². The first-order valence-corrected chi connectivity index (χ1v) is 4.99. The van der Waals surface area contributed by atoms with Gasteiger partial charge in [-0.15, -0.1) is 12.4 Å². The Morgan fingerprint density at radius 3 is 2.60 bits per heavy atom. The van der Waals surface area contributed by atoms with Crippen LogP contribution in [0.25, 0.3) is 0 Å². The molecule has 0 N–H and O–H groups in total. The number of rotatable bonds is 0. The summed E-state index contributed by atoms with van der Waals surface area (Å²) in [6.07, 6.45) is 2.17. The van der Waals surface area contributed by atoms with Crippen LogP contribution in [0, 0.1) is 0 Å². The molecule has 0 saturated heterocycles. The van der Waals surface area contributed by atoms with Gasteiger partial charge in [-0.1, -0.05) is 6.07 Å². The summed E-state index contributed by atoms with van der Waals surface area (Å²) in [6, 6.07) is 4.05. The Balaban J connectivity index is 0.000000853. The largest absolute Gasteiger partial charge is 0.489 e. The van der Waals surface area contributed by atoms with Gasteiger partial charge in [0.05, 0.1) is 6.61 Å². The SMILES string of the molecule is Cl.c1cc2c(c3c1CCCO3)OCCO2. The fourth-order valence-corrected chi connectivity index (χ4v) is 1.92. The highest BCUT2D eigenvalue weighted by atomic mass is 35.5. The Labute approximate surface area is 94.7 Å². The lowest BCUT2D eigenvalue weighted by atomic mass is 10.1. The lowest BCUT2D eigenvalue weighted by Crippen LogP contribution is -2.18. The van der Waals surface area contributed by atoms with Crippen molar-refractivity contribution in [3.8, 4) is 17.2 Å². The summed E-state index contributed by atoms with van der Waals surface area (Å²) in [5, 5.41) is 0. The molecule has 82 valence electrons. The van der Waals surface area contributed by atoms with Gasteiger partial charge in [-0.05, 0) is 24.5 Å². The van der Waals surface area contributed by atoms with Crippen molar-refractivity contribution in [1.29, 1.82) is 0 Å². The van der Waals surface area contributed by atoms with Crippen molar-refractivity contribution >= 4 is 12.4 Å². The molecule has 0 unspecified atom stereocenters. The molecule has 1 aromatic carbocycles. The van der Waals surface area contributed by atoms with Crippen molar-refractivity contribution in [3.63, 3.8) is 0 Å². The lowest BCUT2D eigenvalue weighted by Gasteiger charge is -2.25. The quantitative estimate of drug-likeness (QED) is 0.682. The molecule has 2 heterocycles. The topological polar surface area (TPSA) is 27.7 Å². The minimum absolute atomic E-state index is 0. The maximum absolute atomic E-state index is 5.62. The Kier molecular flexibility index (Phi) is 2.91. The van der Waals surface area contributed by atoms with E-state index in [1.165, 1.54) is 5.56 Å².